The van der Waals surface area contributed by atoms with Crippen molar-refractivity contribution in [1.82, 2.24) is 0 Å². The Kier molecular flexibility index (Phi) is 6.75. The first kappa shape index (κ1) is 25.1. The minimum absolute atomic E-state index is 0.211. The smallest absolute Gasteiger partial charge is 0.184 e. The van der Waals surface area contributed by atoms with Gasteiger partial charge in [0, 0.05) is 12.0 Å². The molecule has 4 rings (SSSR count). The first-order valence-electron chi connectivity index (χ1n) is 13.6. The van der Waals surface area contributed by atoms with E-state index >= 15 is 0 Å². The summed E-state index contributed by atoms with van der Waals surface area (Å²) in [4.78, 5) is 13.2. The minimum atomic E-state index is -1.65. The molecule has 4 fully saturated rings. The lowest BCUT2D eigenvalue weighted by Crippen LogP contribution is -2.55. The van der Waals surface area contributed by atoms with Crippen LogP contribution in [-0.4, -0.2) is 35.1 Å². The van der Waals surface area contributed by atoms with Crippen molar-refractivity contribution < 1.29 is 13.6 Å². The molecule has 0 aromatic rings. The van der Waals surface area contributed by atoms with Crippen LogP contribution in [0.25, 0.3) is 0 Å². The first-order chi connectivity index (χ1) is 14.7. The highest BCUT2D eigenvalue weighted by Crippen LogP contribution is 2.67. The molecular formula is C27H50O3Si2. The van der Waals surface area contributed by atoms with Crippen molar-refractivity contribution in [2.45, 2.75) is 117 Å². The summed E-state index contributed by atoms with van der Waals surface area (Å²) in [6.07, 6.45) is 12.1. The average Bonchev–Trinajstić information content (AvgIpc) is 3.02. The van der Waals surface area contributed by atoms with Gasteiger partial charge in [0.2, 0.25) is 0 Å². The van der Waals surface area contributed by atoms with E-state index in [2.05, 4.69) is 53.1 Å². The summed E-state index contributed by atoms with van der Waals surface area (Å²) in [6.45, 7) is 19.1. The number of Topliss-reactive ketones (excluding diaryl/α,β-unsaturated/α-hetero) is 1. The van der Waals surface area contributed by atoms with E-state index in [9.17, 15) is 4.79 Å². The highest BCUT2D eigenvalue weighted by molar-refractivity contribution is 6.70. The molecule has 0 aromatic carbocycles. The maximum atomic E-state index is 13.2. The Balaban J connectivity index is 1.45. The molecule has 184 valence electrons. The van der Waals surface area contributed by atoms with Crippen molar-refractivity contribution in [3.8, 4) is 0 Å². The molecule has 8 atom stereocenters. The maximum absolute atomic E-state index is 13.2. The fraction of sp³-hybridized carbons (Fsp3) is 0.963. The Morgan fingerprint density at radius 3 is 2.12 bits per heavy atom. The van der Waals surface area contributed by atoms with Crippen LogP contribution in [0.4, 0.5) is 0 Å². The molecule has 0 aliphatic heterocycles. The maximum Gasteiger partial charge on any atom is 0.184 e. The fourth-order valence-corrected chi connectivity index (χ4v) is 10.5. The molecule has 0 spiro atoms. The molecule has 4 aliphatic carbocycles. The summed E-state index contributed by atoms with van der Waals surface area (Å²) in [5.41, 5.74) is 0.703. The Bertz CT molecular complexity index is 711. The molecule has 5 heteroatoms. The van der Waals surface area contributed by atoms with Gasteiger partial charge in [-0.25, -0.2) is 0 Å². The number of fused-ring (bicyclic) bond motifs is 5. The third kappa shape index (κ3) is 4.74. The first-order valence-corrected chi connectivity index (χ1v) is 20.4. The number of ketones is 1. The standard InChI is InChI=1S/C27H50O3Si2/c1-26-15-13-20(30-32(6,7)8)17-19(26)9-10-21-22-11-12-24(25(28)18-29-31(3,4)5)27(22,2)16-14-23(21)26/h19-24H,9-18H2,1-8H3/t19?,20?,21-,22-,23-,24+,26-,27-/m0/s1. The van der Waals surface area contributed by atoms with Crippen LogP contribution < -0.4 is 0 Å². The third-order valence-electron chi connectivity index (χ3n) is 10.2. The average molecular weight is 479 g/mol. The normalized spacial score (nSPS) is 44.5. The lowest BCUT2D eigenvalue weighted by atomic mass is 9.44. The molecule has 0 bridgehead atoms. The Labute approximate surface area is 200 Å². The molecule has 3 nitrogen and oxygen atoms in total. The van der Waals surface area contributed by atoms with Crippen LogP contribution in [0.3, 0.4) is 0 Å². The van der Waals surface area contributed by atoms with Gasteiger partial charge in [0.25, 0.3) is 0 Å². The van der Waals surface area contributed by atoms with Crippen LogP contribution >= 0.6 is 0 Å². The van der Waals surface area contributed by atoms with Gasteiger partial charge in [0.15, 0.2) is 22.4 Å². The van der Waals surface area contributed by atoms with E-state index < -0.39 is 16.6 Å². The minimum Gasteiger partial charge on any atom is -0.415 e. The highest BCUT2D eigenvalue weighted by atomic mass is 28.4. The van der Waals surface area contributed by atoms with E-state index in [-0.39, 0.29) is 11.3 Å². The van der Waals surface area contributed by atoms with E-state index in [1.54, 1.807) is 0 Å². The van der Waals surface area contributed by atoms with Crippen molar-refractivity contribution in [1.29, 1.82) is 0 Å². The van der Waals surface area contributed by atoms with Gasteiger partial charge in [0.05, 0.1) is 6.61 Å². The van der Waals surface area contributed by atoms with Crippen LogP contribution in [0.15, 0.2) is 0 Å². The van der Waals surface area contributed by atoms with Crippen molar-refractivity contribution in [2.24, 2.45) is 40.4 Å². The Morgan fingerprint density at radius 1 is 0.812 bits per heavy atom. The number of carbonyl (C=O) groups is 1. The highest BCUT2D eigenvalue weighted by Gasteiger charge is 2.61. The van der Waals surface area contributed by atoms with Crippen molar-refractivity contribution >= 4 is 22.4 Å². The summed E-state index contributed by atoms with van der Waals surface area (Å²) in [5.74, 6) is 3.92. The molecule has 0 heterocycles. The van der Waals surface area contributed by atoms with Gasteiger partial charge >= 0.3 is 0 Å². The number of hydrogen-bond donors (Lipinski definition) is 0. The van der Waals surface area contributed by atoms with E-state index in [1.165, 1.54) is 51.4 Å². The summed E-state index contributed by atoms with van der Waals surface area (Å²) < 4.78 is 12.6. The lowest BCUT2D eigenvalue weighted by Gasteiger charge is -2.61. The van der Waals surface area contributed by atoms with Crippen molar-refractivity contribution in [2.75, 3.05) is 6.61 Å². The predicted molar refractivity (Wildman–Crippen MR) is 138 cm³/mol. The van der Waals surface area contributed by atoms with Gasteiger partial charge in [-0.1, -0.05) is 13.8 Å². The van der Waals surface area contributed by atoms with Crippen molar-refractivity contribution in [3.05, 3.63) is 0 Å². The quantitative estimate of drug-likeness (QED) is 0.376. The van der Waals surface area contributed by atoms with Crippen molar-refractivity contribution in [3.63, 3.8) is 0 Å². The van der Waals surface area contributed by atoms with E-state index in [0.29, 0.717) is 23.9 Å². The van der Waals surface area contributed by atoms with E-state index in [0.717, 1.165) is 30.1 Å². The Morgan fingerprint density at radius 2 is 1.47 bits per heavy atom. The largest absolute Gasteiger partial charge is 0.415 e. The molecule has 0 amide bonds. The van der Waals surface area contributed by atoms with Gasteiger partial charge < -0.3 is 8.85 Å². The molecule has 0 N–H and O–H groups in total. The van der Waals surface area contributed by atoms with Crippen LogP contribution in [0.5, 0.6) is 0 Å². The number of hydrogen-bond acceptors (Lipinski definition) is 3. The molecule has 4 saturated carbocycles. The second-order valence-corrected chi connectivity index (χ2v) is 23.3. The second-order valence-electron chi connectivity index (χ2n) is 14.3. The fourth-order valence-electron chi connectivity index (χ4n) is 8.74. The summed E-state index contributed by atoms with van der Waals surface area (Å²) in [5, 5.41) is 0. The van der Waals surface area contributed by atoms with Gasteiger partial charge in [-0.05, 0) is 132 Å². The summed E-state index contributed by atoms with van der Waals surface area (Å²) in [6, 6.07) is 0. The van der Waals surface area contributed by atoms with Gasteiger partial charge in [-0.15, -0.1) is 0 Å². The topological polar surface area (TPSA) is 35.5 Å². The molecule has 0 aromatic heterocycles. The number of rotatable bonds is 6. The predicted octanol–water partition coefficient (Wildman–Crippen LogP) is 7.29. The monoisotopic (exact) mass is 478 g/mol. The van der Waals surface area contributed by atoms with Gasteiger partial charge in [-0.2, -0.15) is 0 Å². The zero-order valence-corrected chi connectivity index (χ0v) is 24.3. The molecule has 32 heavy (non-hydrogen) atoms. The zero-order chi connectivity index (χ0) is 23.5. The van der Waals surface area contributed by atoms with Gasteiger partial charge in [-0.3, -0.25) is 4.79 Å². The lowest BCUT2D eigenvalue weighted by molar-refractivity contribution is -0.140. The molecule has 0 radical (unpaired) electrons. The molecular weight excluding hydrogens is 428 g/mol. The van der Waals surface area contributed by atoms with Crippen LogP contribution in [0.1, 0.15) is 71.6 Å². The molecule has 0 saturated heterocycles. The van der Waals surface area contributed by atoms with Crippen LogP contribution in [0, 0.1) is 40.4 Å². The molecule has 4 aliphatic rings. The third-order valence-corrected chi connectivity index (χ3v) is 12.2. The zero-order valence-electron chi connectivity index (χ0n) is 22.3. The van der Waals surface area contributed by atoms with E-state index in [4.69, 9.17) is 8.85 Å². The van der Waals surface area contributed by atoms with E-state index in [1.807, 2.05) is 0 Å². The van der Waals surface area contributed by atoms with Crippen LogP contribution in [-0.2, 0) is 13.6 Å². The van der Waals surface area contributed by atoms with Gasteiger partial charge in [0.1, 0.15) is 0 Å². The summed E-state index contributed by atoms with van der Waals surface area (Å²) >= 11 is 0. The van der Waals surface area contributed by atoms with Crippen LogP contribution in [0.2, 0.25) is 39.3 Å². The Hall–Kier alpha value is 0.0238. The number of carbonyl (C=O) groups excluding carboxylic acids is 1. The second kappa shape index (κ2) is 8.60. The molecule has 2 unspecified atom stereocenters. The SMILES string of the molecule is C[C@]12CC[C@H]3[C@@H](CCC4CC(O[Si](C)(C)C)CC[C@@]43C)[C@@H]1CC[C@@H]2C(=O)CO[Si](C)(C)C. The summed E-state index contributed by atoms with van der Waals surface area (Å²) in [7, 11) is -3.11.